The van der Waals surface area contributed by atoms with Crippen LogP contribution in [0.15, 0.2) is 48.6 Å². The monoisotopic (exact) mass is 857 g/mol. The molecule has 9 nitrogen and oxygen atoms in total. The van der Waals surface area contributed by atoms with Crippen LogP contribution in [-0.4, -0.2) is 59.3 Å². The number of rotatable bonds is 45. The number of carboxylic acid groups (broad SMARTS) is 1. The summed E-state index contributed by atoms with van der Waals surface area (Å²) in [7, 11) is 0. The van der Waals surface area contributed by atoms with E-state index >= 15 is 0 Å². The molecule has 0 radical (unpaired) electrons. The zero-order valence-electron chi connectivity index (χ0n) is 39.2. The summed E-state index contributed by atoms with van der Waals surface area (Å²) in [5, 5.41) is 22.6. The highest BCUT2D eigenvalue weighted by molar-refractivity contribution is 5.87. The normalized spacial score (nSPS) is 12.8. The van der Waals surface area contributed by atoms with E-state index in [1.165, 1.54) is 116 Å². The molecule has 0 aromatic rings. The van der Waals surface area contributed by atoms with Gasteiger partial charge in [-0.2, -0.15) is 0 Å². The van der Waals surface area contributed by atoms with E-state index in [0.717, 1.165) is 83.5 Å². The second-order valence-electron chi connectivity index (χ2n) is 16.9. The van der Waals surface area contributed by atoms with E-state index in [9.17, 15) is 19.2 Å². The number of esters is 1. The molecule has 0 aromatic carbocycles. The Labute approximate surface area is 373 Å². The Morgan fingerprint density at radius 1 is 0.508 bits per heavy atom. The molecule has 0 bridgehead atoms. The summed E-state index contributed by atoms with van der Waals surface area (Å²) >= 11 is 0. The Morgan fingerprint density at radius 2 is 0.934 bits per heavy atom. The molecule has 9 heteroatoms. The van der Waals surface area contributed by atoms with Crippen molar-refractivity contribution in [2.75, 3.05) is 13.2 Å². The molecule has 0 rings (SSSR count). The summed E-state index contributed by atoms with van der Waals surface area (Å²) in [5.41, 5.74) is 0. The van der Waals surface area contributed by atoms with Crippen molar-refractivity contribution in [3.63, 3.8) is 0 Å². The van der Waals surface area contributed by atoms with Crippen LogP contribution in [0.1, 0.15) is 232 Å². The van der Waals surface area contributed by atoms with Crippen LogP contribution in [0, 0.1) is 0 Å². The summed E-state index contributed by atoms with van der Waals surface area (Å²) in [6, 6.07) is -1.39. The minimum Gasteiger partial charge on any atom is -0.480 e. The van der Waals surface area contributed by atoms with Gasteiger partial charge in [-0.15, -0.1) is 0 Å². The van der Waals surface area contributed by atoms with Crippen molar-refractivity contribution in [3.8, 4) is 0 Å². The molecule has 0 saturated carbocycles. The first-order valence-corrected chi connectivity index (χ1v) is 25.0. The van der Waals surface area contributed by atoms with Crippen molar-refractivity contribution >= 4 is 23.8 Å². The van der Waals surface area contributed by atoms with Crippen LogP contribution >= 0.6 is 0 Å². The van der Waals surface area contributed by atoms with Crippen LogP contribution in [-0.2, 0) is 23.9 Å². The van der Waals surface area contributed by atoms with Crippen molar-refractivity contribution < 1.29 is 34.1 Å². The lowest BCUT2D eigenvalue weighted by Gasteiger charge is -2.17. The number of hydrogen-bond donors (Lipinski definition) is 4. The maximum absolute atomic E-state index is 12.9. The van der Waals surface area contributed by atoms with Crippen molar-refractivity contribution in [2.45, 2.75) is 244 Å². The van der Waals surface area contributed by atoms with E-state index in [-0.39, 0.29) is 30.9 Å². The maximum Gasteiger partial charge on any atom is 0.328 e. The number of carboxylic acids is 1. The second kappa shape index (κ2) is 46.3. The molecule has 0 spiro atoms. The molecular weight excluding hydrogens is 765 g/mol. The van der Waals surface area contributed by atoms with Gasteiger partial charge in [0.05, 0.1) is 13.2 Å². The summed E-state index contributed by atoms with van der Waals surface area (Å²) in [6.07, 6.45) is 55.8. The first-order chi connectivity index (χ1) is 29.8. The van der Waals surface area contributed by atoms with Gasteiger partial charge in [-0.05, 0) is 64.2 Å². The van der Waals surface area contributed by atoms with Crippen LogP contribution in [0.25, 0.3) is 0 Å². The molecule has 2 unspecified atom stereocenters. The maximum atomic E-state index is 12.9. The first-order valence-electron chi connectivity index (χ1n) is 25.0. The smallest absolute Gasteiger partial charge is 0.328 e. The third-order valence-corrected chi connectivity index (χ3v) is 11.1. The molecule has 61 heavy (non-hydrogen) atoms. The van der Waals surface area contributed by atoms with Crippen LogP contribution in [0.3, 0.4) is 0 Å². The zero-order chi connectivity index (χ0) is 44.7. The average molecular weight is 857 g/mol. The zero-order valence-corrected chi connectivity index (χ0v) is 39.2. The summed E-state index contributed by atoms with van der Waals surface area (Å²) < 4.78 is 6.02. The summed E-state index contributed by atoms with van der Waals surface area (Å²) in [5.74, 6) is -2.34. The van der Waals surface area contributed by atoms with Crippen LogP contribution in [0.4, 0.5) is 0 Å². The molecule has 2 amide bonds. The largest absolute Gasteiger partial charge is 0.480 e. The van der Waals surface area contributed by atoms with Gasteiger partial charge in [0, 0.05) is 12.8 Å². The van der Waals surface area contributed by atoms with E-state index in [2.05, 4.69) is 73.1 Å². The van der Waals surface area contributed by atoms with Gasteiger partial charge < -0.3 is 25.6 Å². The van der Waals surface area contributed by atoms with Gasteiger partial charge in [0.25, 0.3) is 0 Å². The Kier molecular flexibility index (Phi) is 43.9. The van der Waals surface area contributed by atoms with Gasteiger partial charge in [0.1, 0.15) is 12.1 Å². The molecule has 0 aliphatic rings. The Morgan fingerprint density at radius 3 is 1.39 bits per heavy atom. The number of ether oxygens (including phenoxy) is 1. The molecule has 0 aliphatic carbocycles. The first kappa shape index (κ1) is 57.8. The summed E-state index contributed by atoms with van der Waals surface area (Å²) in [6.45, 7) is 3.38. The van der Waals surface area contributed by atoms with Crippen LogP contribution in [0.2, 0.25) is 0 Å². The van der Waals surface area contributed by atoms with Crippen LogP contribution < -0.4 is 10.6 Å². The predicted octanol–water partition coefficient (Wildman–Crippen LogP) is 13.1. The summed E-state index contributed by atoms with van der Waals surface area (Å²) in [4.78, 5) is 47.7. The van der Waals surface area contributed by atoms with Crippen molar-refractivity contribution in [1.29, 1.82) is 0 Å². The molecule has 0 saturated heterocycles. The van der Waals surface area contributed by atoms with Gasteiger partial charge in [-0.25, -0.2) is 4.79 Å². The quantitative estimate of drug-likeness (QED) is 0.0271. The second-order valence-corrected chi connectivity index (χ2v) is 16.9. The number of unbranched alkanes of at least 4 members (excludes halogenated alkanes) is 23. The minimum absolute atomic E-state index is 0.0768. The number of allylic oxidation sites excluding steroid dienone is 8. The Bertz CT molecular complexity index is 1160. The minimum atomic E-state index is -1.39. The van der Waals surface area contributed by atoms with Crippen molar-refractivity contribution in [3.05, 3.63) is 48.6 Å². The van der Waals surface area contributed by atoms with E-state index in [1.807, 2.05) is 0 Å². The molecule has 4 N–H and O–H groups in total. The highest BCUT2D eigenvalue weighted by atomic mass is 16.5. The van der Waals surface area contributed by atoms with E-state index < -0.39 is 24.5 Å². The van der Waals surface area contributed by atoms with Crippen molar-refractivity contribution in [2.24, 2.45) is 0 Å². The van der Waals surface area contributed by atoms with Gasteiger partial charge >= 0.3 is 11.9 Å². The van der Waals surface area contributed by atoms with Gasteiger partial charge in [-0.3, -0.25) is 14.4 Å². The number of aliphatic hydroxyl groups excluding tert-OH is 1. The SMILES string of the molecule is CC/C=C\C/C=C\C/C=C\C/C=C\CCC(CCCCCCCC(=O)NCC(=O)NC(CO)C(=O)O)OC(=O)CCCCCCCCCCCCCCCCCCCCCC. The number of nitrogens with one attached hydrogen (secondary N) is 2. The molecular formula is C52H92N2O7. The van der Waals surface area contributed by atoms with E-state index in [1.54, 1.807) is 0 Å². The molecule has 352 valence electrons. The Hall–Kier alpha value is -3.20. The Balaban J connectivity index is 4.31. The standard InChI is InChI=1S/C52H92N2O7/c1-3-5-7-9-11-13-15-17-18-19-20-21-22-23-25-27-29-31-36-40-44-51(58)61-47(41-37-33-30-28-26-24-16-14-12-10-8-6-4-2)42-38-34-32-35-39-43-49(56)53-45-50(57)54-48(46-55)52(59)60/h6,8,12,14,24,26,30,33,47-48,55H,3-5,7,9-11,13,15-23,25,27-29,31-32,34-46H2,1-2H3,(H,53,56)(H,54,57)(H,59,60)/b8-6-,14-12-,26-24-,33-30-. The topological polar surface area (TPSA) is 142 Å². The molecule has 0 aliphatic heterocycles. The third-order valence-electron chi connectivity index (χ3n) is 11.1. The predicted molar refractivity (Wildman–Crippen MR) is 254 cm³/mol. The number of carbonyl (C=O) groups is 4. The molecule has 0 aromatic heterocycles. The fourth-order valence-electron chi connectivity index (χ4n) is 7.30. The number of hydrogen-bond acceptors (Lipinski definition) is 6. The third kappa shape index (κ3) is 43.3. The lowest BCUT2D eigenvalue weighted by atomic mass is 10.0. The lowest BCUT2D eigenvalue weighted by molar-refractivity contribution is -0.150. The fraction of sp³-hybridized carbons (Fsp3) is 0.769. The number of carbonyl (C=O) groups excluding carboxylic acids is 3. The highest BCUT2D eigenvalue weighted by Crippen LogP contribution is 2.18. The van der Waals surface area contributed by atoms with Gasteiger partial charge in [0.2, 0.25) is 11.8 Å². The fourth-order valence-corrected chi connectivity index (χ4v) is 7.30. The number of aliphatic carboxylic acids is 1. The van der Waals surface area contributed by atoms with Crippen molar-refractivity contribution in [1.82, 2.24) is 10.6 Å². The highest BCUT2D eigenvalue weighted by Gasteiger charge is 2.19. The van der Waals surface area contributed by atoms with Crippen LogP contribution in [0.5, 0.6) is 0 Å². The average Bonchev–Trinajstić information content (AvgIpc) is 3.25. The van der Waals surface area contributed by atoms with Gasteiger partial charge in [-0.1, -0.05) is 204 Å². The lowest BCUT2D eigenvalue weighted by Crippen LogP contribution is -2.47. The molecule has 2 atom stereocenters. The number of amides is 2. The van der Waals surface area contributed by atoms with Gasteiger partial charge in [0.15, 0.2) is 0 Å². The molecule has 0 heterocycles. The van der Waals surface area contributed by atoms with E-state index in [4.69, 9.17) is 14.9 Å². The van der Waals surface area contributed by atoms with E-state index in [0.29, 0.717) is 12.8 Å². The number of aliphatic hydroxyl groups is 1. The molecule has 0 fully saturated rings.